The number of nitrogens with one attached hydrogen (secondary N) is 1. The fourth-order valence-electron chi connectivity index (χ4n) is 2.95. The molecular weight excluding hydrogens is 393 g/mol. The maximum absolute atomic E-state index is 11.7. The van der Waals surface area contributed by atoms with Crippen molar-refractivity contribution < 1.29 is 29.0 Å². The molecule has 172 valence electrons. The molecule has 0 aromatic rings. The van der Waals surface area contributed by atoms with Crippen molar-refractivity contribution in [1.29, 1.82) is 0 Å². The molecule has 0 aromatic heterocycles. The van der Waals surface area contributed by atoms with Crippen molar-refractivity contribution in [3.05, 3.63) is 12.2 Å². The third-order valence-corrected chi connectivity index (χ3v) is 5.89. The average Bonchev–Trinajstić information content (AvgIpc) is 2.68. The minimum Gasteiger partial charge on any atom is -0.480 e. The molecule has 0 spiro atoms. The summed E-state index contributed by atoms with van der Waals surface area (Å²) < 4.78 is 16.5. The average molecular weight is 436 g/mol. The third-order valence-electron chi connectivity index (χ3n) is 4.72. The van der Waals surface area contributed by atoms with Crippen LogP contribution in [-0.2, 0) is 13.9 Å². The Morgan fingerprint density at radius 1 is 0.931 bits per heavy atom. The molecule has 2 atom stereocenters. The lowest BCUT2D eigenvalue weighted by atomic mass is 10.1. The standard InChI is InChI=1S/C21H42NO6P/c1-2-3-4-5-6-7-8-9-10-11-12-13-14-15-16-17-18-28-29(26,27)22-20(19-23)21(24)25/h9-10,20,23H,2-8,11-19H2,1H3,(H,24,25)(H2,22,26,27)/t20-/m0/s1. The van der Waals surface area contributed by atoms with Crippen LogP contribution in [0.5, 0.6) is 0 Å². The van der Waals surface area contributed by atoms with E-state index < -0.39 is 26.4 Å². The number of carboxylic acids is 1. The molecule has 0 aliphatic rings. The van der Waals surface area contributed by atoms with Crippen LogP contribution in [0, 0.1) is 0 Å². The zero-order valence-corrected chi connectivity index (χ0v) is 19.0. The second kappa shape index (κ2) is 19.3. The summed E-state index contributed by atoms with van der Waals surface area (Å²) in [6, 6.07) is -1.51. The smallest absolute Gasteiger partial charge is 0.403 e. The Morgan fingerprint density at radius 2 is 1.41 bits per heavy atom. The number of aliphatic hydroxyl groups is 1. The van der Waals surface area contributed by atoms with Crippen LogP contribution >= 0.6 is 7.75 Å². The zero-order chi connectivity index (χ0) is 21.8. The van der Waals surface area contributed by atoms with Gasteiger partial charge < -0.3 is 15.1 Å². The highest BCUT2D eigenvalue weighted by molar-refractivity contribution is 7.50. The summed E-state index contributed by atoms with van der Waals surface area (Å²) in [6.45, 7) is 1.54. The normalized spacial score (nSPS) is 14.9. The Hall–Kier alpha value is -0.720. The van der Waals surface area contributed by atoms with Gasteiger partial charge in [0.05, 0.1) is 13.2 Å². The van der Waals surface area contributed by atoms with Crippen molar-refractivity contribution in [2.45, 2.75) is 103 Å². The highest BCUT2D eigenvalue weighted by Crippen LogP contribution is 2.37. The Labute approximate surface area is 176 Å². The molecule has 7 nitrogen and oxygen atoms in total. The van der Waals surface area contributed by atoms with Crippen LogP contribution in [0.25, 0.3) is 0 Å². The van der Waals surface area contributed by atoms with Gasteiger partial charge in [-0.2, -0.15) is 0 Å². The number of hydrogen-bond donors (Lipinski definition) is 4. The lowest BCUT2D eigenvalue weighted by molar-refractivity contribution is -0.140. The van der Waals surface area contributed by atoms with E-state index in [1.807, 2.05) is 5.09 Å². The third kappa shape index (κ3) is 19.0. The monoisotopic (exact) mass is 435 g/mol. The first-order valence-electron chi connectivity index (χ1n) is 11.2. The van der Waals surface area contributed by atoms with Gasteiger partial charge in [-0.3, -0.25) is 9.32 Å². The summed E-state index contributed by atoms with van der Waals surface area (Å²) in [7, 11) is -4.21. The van der Waals surface area contributed by atoms with Gasteiger partial charge in [0.1, 0.15) is 6.04 Å². The number of carbonyl (C=O) groups is 1. The molecule has 0 aliphatic heterocycles. The van der Waals surface area contributed by atoms with E-state index in [4.69, 9.17) is 14.7 Å². The van der Waals surface area contributed by atoms with Crippen LogP contribution in [0.15, 0.2) is 12.2 Å². The van der Waals surface area contributed by atoms with Gasteiger partial charge in [0.2, 0.25) is 0 Å². The Kier molecular flexibility index (Phi) is 18.8. The molecule has 4 N–H and O–H groups in total. The molecular formula is C21H42NO6P. The van der Waals surface area contributed by atoms with Crippen LogP contribution in [0.1, 0.15) is 96.8 Å². The first-order valence-corrected chi connectivity index (χ1v) is 12.7. The molecule has 0 rings (SSSR count). The van der Waals surface area contributed by atoms with E-state index in [9.17, 15) is 14.3 Å². The second-order valence-electron chi connectivity index (χ2n) is 7.49. The maximum Gasteiger partial charge on any atom is 0.403 e. The fourth-order valence-corrected chi connectivity index (χ4v) is 3.98. The zero-order valence-electron chi connectivity index (χ0n) is 18.1. The summed E-state index contributed by atoms with van der Waals surface area (Å²) in [5, 5.41) is 19.5. The number of rotatable bonds is 21. The van der Waals surface area contributed by atoms with Crippen molar-refractivity contribution in [3.8, 4) is 0 Å². The number of aliphatic hydroxyl groups excluding tert-OH is 1. The molecule has 0 bridgehead atoms. The lowest BCUT2D eigenvalue weighted by Gasteiger charge is -2.17. The first-order chi connectivity index (χ1) is 13.9. The van der Waals surface area contributed by atoms with E-state index in [1.165, 1.54) is 57.8 Å². The summed E-state index contributed by atoms with van der Waals surface area (Å²) in [6.07, 6.45) is 21.1. The van der Waals surface area contributed by atoms with Crippen LogP contribution in [0.4, 0.5) is 0 Å². The lowest BCUT2D eigenvalue weighted by Crippen LogP contribution is -2.38. The topological polar surface area (TPSA) is 116 Å². The summed E-state index contributed by atoms with van der Waals surface area (Å²) in [5.41, 5.74) is 0. The van der Waals surface area contributed by atoms with Crippen molar-refractivity contribution >= 4 is 13.7 Å². The van der Waals surface area contributed by atoms with E-state index in [0.717, 1.165) is 25.7 Å². The van der Waals surface area contributed by atoms with E-state index in [1.54, 1.807) is 0 Å². The van der Waals surface area contributed by atoms with Gasteiger partial charge in [0.25, 0.3) is 0 Å². The highest BCUT2D eigenvalue weighted by Gasteiger charge is 2.28. The molecule has 0 fully saturated rings. The molecule has 1 unspecified atom stereocenters. The molecule has 8 heteroatoms. The molecule has 0 aromatic carbocycles. The van der Waals surface area contributed by atoms with Gasteiger partial charge in [0.15, 0.2) is 0 Å². The van der Waals surface area contributed by atoms with Gasteiger partial charge in [-0.15, -0.1) is 0 Å². The number of aliphatic carboxylic acids is 1. The van der Waals surface area contributed by atoms with Crippen LogP contribution in [-0.4, -0.2) is 40.3 Å². The van der Waals surface area contributed by atoms with Crippen LogP contribution in [0.2, 0.25) is 0 Å². The Morgan fingerprint density at radius 3 is 1.90 bits per heavy atom. The predicted octanol–water partition coefficient (Wildman–Crippen LogP) is 5.18. The largest absolute Gasteiger partial charge is 0.480 e. The van der Waals surface area contributed by atoms with Crippen molar-refractivity contribution in [2.75, 3.05) is 13.2 Å². The first kappa shape index (κ1) is 28.3. The van der Waals surface area contributed by atoms with Gasteiger partial charge in [0, 0.05) is 0 Å². The van der Waals surface area contributed by atoms with Crippen molar-refractivity contribution in [2.24, 2.45) is 0 Å². The number of hydrogen-bond acceptors (Lipinski definition) is 4. The van der Waals surface area contributed by atoms with E-state index in [0.29, 0.717) is 6.42 Å². The van der Waals surface area contributed by atoms with Gasteiger partial charge in [-0.25, -0.2) is 9.65 Å². The number of allylic oxidation sites excluding steroid dienone is 2. The summed E-state index contributed by atoms with van der Waals surface area (Å²) in [4.78, 5) is 20.3. The number of unbranched alkanes of at least 4 members (excludes halogenated alkanes) is 12. The minimum atomic E-state index is -4.21. The van der Waals surface area contributed by atoms with Gasteiger partial charge in [-0.1, -0.05) is 76.9 Å². The highest BCUT2D eigenvalue weighted by atomic mass is 31.2. The molecule has 0 saturated carbocycles. The Bertz CT molecular complexity index is 472. The van der Waals surface area contributed by atoms with Crippen LogP contribution in [0.3, 0.4) is 0 Å². The molecule has 0 radical (unpaired) electrons. The van der Waals surface area contributed by atoms with Crippen LogP contribution < -0.4 is 5.09 Å². The van der Waals surface area contributed by atoms with E-state index in [2.05, 4.69) is 19.1 Å². The maximum atomic E-state index is 11.7. The van der Waals surface area contributed by atoms with Crippen molar-refractivity contribution in [3.63, 3.8) is 0 Å². The summed E-state index contributed by atoms with van der Waals surface area (Å²) >= 11 is 0. The van der Waals surface area contributed by atoms with Gasteiger partial charge in [-0.05, 0) is 32.1 Å². The molecule has 0 amide bonds. The fraction of sp³-hybridized carbons (Fsp3) is 0.857. The van der Waals surface area contributed by atoms with Crippen molar-refractivity contribution in [1.82, 2.24) is 5.09 Å². The summed E-state index contributed by atoms with van der Waals surface area (Å²) in [5.74, 6) is -1.40. The predicted molar refractivity (Wildman–Crippen MR) is 117 cm³/mol. The number of carboxylic acid groups (broad SMARTS) is 1. The second-order valence-corrected chi connectivity index (χ2v) is 9.05. The van der Waals surface area contributed by atoms with E-state index in [-0.39, 0.29) is 6.61 Å². The SMILES string of the molecule is CCCCCCCCC=CCCCCCCCCOP(=O)(O)N[C@@H](CO)C(=O)O. The molecule has 0 heterocycles. The molecule has 0 saturated heterocycles. The molecule has 29 heavy (non-hydrogen) atoms. The minimum absolute atomic E-state index is 0.0831. The van der Waals surface area contributed by atoms with E-state index >= 15 is 0 Å². The van der Waals surface area contributed by atoms with Gasteiger partial charge >= 0.3 is 13.7 Å². The quantitative estimate of drug-likeness (QED) is 0.112. The molecule has 0 aliphatic carbocycles. The Balaban J connectivity index is 3.45.